The maximum atomic E-state index is 13.1. The summed E-state index contributed by atoms with van der Waals surface area (Å²) in [6.07, 6.45) is 1.23. The first-order valence-corrected chi connectivity index (χ1v) is 10.2. The molecule has 0 unspecified atom stereocenters. The molecule has 4 aliphatic rings. The molecule has 0 amide bonds. The van der Waals surface area contributed by atoms with Gasteiger partial charge in [0.05, 0.1) is 11.1 Å². The number of carbonyl (C=O) groups excluding carboxylic acids is 2. The molecule has 33 heavy (non-hydrogen) atoms. The van der Waals surface area contributed by atoms with E-state index in [1.165, 1.54) is 6.07 Å². The van der Waals surface area contributed by atoms with Crippen molar-refractivity contribution < 1.29 is 18.4 Å². The van der Waals surface area contributed by atoms with Crippen molar-refractivity contribution >= 4 is 12.6 Å². The van der Waals surface area contributed by atoms with Gasteiger partial charge in [0.15, 0.2) is 0 Å². The molecule has 0 spiro atoms. The van der Waals surface area contributed by atoms with Gasteiger partial charge in [-0.15, -0.1) is 0 Å². The van der Waals surface area contributed by atoms with Crippen LogP contribution in [-0.2, 0) is 0 Å². The summed E-state index contributed by atoms with van der Waals surface area (Å²) in [6.45, 7) is 0. The van der Waals surface area contributed by atoms with Gasteiger partial charge >= 0.3 is 11.3 Å². The van der Waals surface area contributed by atoms with E-state index in [4.69, 9.17) is 8.83 Å². The van der Waals surface area contributed by atoms with Gasteiger partial charge < -0.3 is 8.83 Å². The van der Waals surface area contributed by atoms with E-state index in [0.717, 1.165) is 0 Å². The number of hydrogen-bond acceptors (Lipinski definition) is 6. The van der Waals surface area contributed by atoms with Crippen molar-refractivity contribution in [3.63, 3.8) is 0 Å². The maximum Gasteiger partial charge on any atom is 0.341 e. The standard InChI is InChI=1S/C27H16O6/c28-14-16-11-17(15-29)13-18(12-16)23(24-19-7-3-1-5-9-21(19)32-26(24)30)25-20-8-4-2-6-10-22(20)33-27(25)31/h1-15,23H. The molecule has 2 aliphatic carbocycles. The van der Waals surface area contributed by atoms with Gasteiger partial charge in [-0.05, 0) is 35.9 Å². The molecule has 6 heteroatoms. The Hall–Kier alpha value is -4.58. The predicted octanol–water partition coefficient (Wildman–Crippen LogP) is 4.61. The third kappa shape index (κ3) is 3.47. The van der Waals surface area contributed by atoms with E-state index in [1.54, 1.807) is 72.8 Å². The van der Waals surface area contributed by atoms with Gasteiger partial charge in [-0.25, -0.2) is 9.59 Å². The third-order valence-corrected chi connectivity index (χ3v) is 5.60. The molecular weight excluding hydrogens is 420 g/mol. The van der Waals surface area contributed by atoms with E-state index in [9.17, 15) is 19.2 Å². The minimum Gasteiger partial charge on any atom is -0.422 e. The van der Waals surface area contributed by atoms with Gasteiger partial charge in [-0.1, -0.05) is 48.5 Å². The second-order valence-electron chi connectivity index (χ2n) is 7.59. The summed E-state index contributed by atoms with van der Waals surface area (Å²) in [5.74, 6) is -0.216. The monoisotopic (exact) mass is 436 g/mol. The second kappa shape index (κ2) is 8.16. The van der Waals surface area contributed by atoms with Crippen LogP contribution in [0.1, 0.15) is 43.3 Å². The van der Waals surface area contributed by atoms with Gasteiger partial charge in [0.25, 0.3) is 0 Å². The van der Waals surface area contributed by atoms with Crippen LogP contribution in [0.25, 0.3) is 22.6 Å². The van der Waals surface area contributed by atoms with Crippen LogP contribution in [-0.4, -0.2) is 12.6 Å². The number of aldehydes is 2. The molecule has 0 saturated heterocycles. The Morgan fingerprint density at radius 1 is 0.606 bits per heavy atom. The molecule has 2 heterocycles. The zero-order chi connectivity index (χ0) is 22.9. The first kappa shape index (κ1) is 20.3. The molecule has 1 aromatic carbocycles. The molecule has 0 atom stereocenters. The normalized spacial score (nSPS) is 11.2. The molecule has 0 radical (unpaired) electrons. The molecule has 160 valence electrons. The fourth-order valence-corrected chi connectivity index (χ4v) is 4.24. The van der Waals surface area contributed by atoms with Crippen molar-refractivity contribution in [2.45, 2.75) is 5.92 Å². The van der Waals surface area contributed by atoms with Crippen LogP contribution in [0.3, 0.4) is 0 Å². The van der Waals surface area contributed by atoms with Gasteiger partial charge in [-0.3, -0.25) is 9.59 Å². The average Bonchev–Trinajstić information content (AvgIpc) is 3.06. The topological polar surface area (TPSA) is 94.6 Å². The Kier molecular flexibility index (Phi) is 5.03. The van der Waals surface area contributed by atoms with Gasteiger partial charge in [-0.2, -0.15) is 0 Å². The minimum atomic E-state index is -0.934. The number of fused-ring (bicyclic) bond motifs is 2. The molecule has 0 bridgehead atoms. The summed E-state index contributed by atoms with van der Waals surface area (Å²) in [6, 6.07) is 22.0. The maximum absolute atomic E-state index is 13.1. The quantitative estimate of drug-likeness (QED) is 0.374. The molecule has 0 fully saturated rings. The zero-order valence-electron chi connectivity index (χ0n) is 17.2. The van der Waals surface area contributed by atoms with E-state index in [0.29, 0.717) is 40.8 Å². The highest BCUT2D eigenvalue weighted by Crippen LogP contribution is 2.41. The molecule has 0 N–H and O–H groups in total. The smallest absolute Gasteiger partial charge is 0.341 e. The van der Waals surface area contributed by atoms with Crippen molar-refractivity contribution in [2.24, 2.45) is 0 Å². The number of hydrogen-bond donors (Lipinski definition) is 0. The highest BCUT2D eigenvalue weighted by Gasteiger charge is 2.34. The zero-order valence-corrected chi connectivity index (χ0v) is 17.2. The molecular formula is C27H16O6. The molecule has 2 aliphatic heterocycles. The SMILES string of the molecule is O=Cc1cc(C=O)cc(C(c2c3cccccc-3oc2=O)c2c3cccccc-3oc2=O)c1. The number of carbonyl (C=O) groups is 2. The molecule has 0 saturated carbocycles. The van der Waals surface area contributed by atoms with Crippen LogP contribution in [0.2, 0.25) is 0 Å². The molecule has 1 aromatic rings. The molecule has 5 rings (SSSR count). The van der Waals surface area contributed by atoms with E-state index in [-0.39, 0.29) is 22.3 Å². The largest absolute Gasteiger partial charge is 0.422 e. The van der Waals surface area contributed by atoms with Crippen LogP contribution in [0, 0.1) is 0 Å². The second-order valence-corrected chi connectivity index (χ2v) is 7.59. The van der Waals surface area contributed by atoms with Crippen LogP contribution in [0.15, 0.2) is 97.3 Å². The summed E-state index contributed by atoms with van der Waals surface area (Å²) >= 11 is 0. The van der Waals surface area contributed by atoms with Gasteiger partial charge in [0.2, 0.25) is 0 Å². The highest BCUT2D eigenvalue weighted by atomic mass is 16.4. The number of benzene rings is 1. The van der Waals surface area contributed by atoms with E-state index >= 15 is 0 Å². The lowest BCUT2D eigenvalue weighted by molar-refractivity contribution is 0.112. The van der Waals surface area contributed by atoms with Crippen LogP contribution in [0.4, 0.5) is 0 Å². The average molecular weight is 436 g/mol. The summed E-state index contributed by atoms with van der Waals surface area (Å²) in [5.41, 5.74) is 1.20. The summed E-state index contributed by atoms with van der Waals surface area (Å²) in [7, 11) is 0. The van der Waals surface area contributed by atoms with Gasteiger partial charge in [0, 0.05) is 28.2 Å². The Bertz CT molecular complexity index is 1440. The van der Waals surface area contributed by atoms with Crippen molar-refractivity contribution in [3.05, 3.63) is 128 Å². The third-order valence-electron chi connectivity index (χ3n) is 5.60. The number of rotatable bonds is 5. The van der Waals surface area contributed by atoms with Crippen LogP contribution < -0.4 is 11.3 Å². The van der Waals surface area contributed by atoms with E-state index in [1.807, 2.05) is 0 Å². The fourth-order valence-electron chi connectivity index (χ4n) is 4.24. The van der Waals surface area contributed by atoms with Crippen molar-refractivity contribution in [1.82, 2.24) is 0 Å². The van der Waals surface area contributed by atoms with Crippen LogP contribution >= 0.6 is 0 Å². The van der Waals surface area contributed by atoms with Crippen molar-refractivity contribution in [2.75, 3.05) is 0 Å². The fraction of sp³-hybridized carbons (Fsp3) is 0.0370. The van der Waals surface area contributed by atoms with Crippen molar-refractivity contribution in [1.29, 1.82) is 0 Å². The summed E-state index contributed by atoms with van der Waals surface area (Å²) in [4.78, 5) is 49.4. The first-order chi connectivity index (χ1) is 16.1. The Morgan fingerprint density at radius 2 is 1.06 bits per heavy atom. The first-order valence-electron chi connectivity index (χ1n) is 10.2. The van der Waals surface area contributed by atoms with Crippen molar-refractivity contribution in [3.8, 4) is 22.6 Å². The predicted molar refractivity (Wildman–Crippen MR) is 121 cm³/mol. The highest BCUT2D eigenvalue weighted by molar-refractivity contribution is 5.83. The van der Waals surface area contributed by atoms with E-state index in [2.05, 4.69) is 0 Å². The Balaban J connectivity index is 1.90. The van der Waals surface area contributed by atoms with E-state index < -0.39 is 17.2 Å². The Labute approximate surface area is 187 Å². The summed E-state index contributed by atoms with van der Waals surface area (Å²) < 4.78 is 11.0. The molecule has 6 nitrogen and oxygen atoms in total. The lowest BCUT2D eigenvalue weighted by Gasteiger charge is -2.17. The lowest BCUT2D eigenvalue weighted by Crippen LogP contribution is -2.17. The van der Waals surface area contributed by atoms with Crippen LogP contribution in [0.5, 0.6) is 0 Å². The van der Waals surface area contributed by atoms with Gasteiger partial charge in [0.1, 0.15) is 24.1 Å². The Morgan fingerprint density at radius 3 is 1.52 bits per heavy atom. The lowest BCUT2D eigenvalue weighted by atomic mass is 9.82. The summed E-state index contributed by atoms with van der Waals surface area (Å²) in [5, 5.41) is 0. The minimum absolute atomic E-state index is 0.229. The molecule has 0 aromatic heterocycles. The number of furan rings is 2.